The van der Waals surface area contributed by atoms with Crippen LogP contribution in [0.25, 0.3) is 5.69 Å². The molecule has 1 aromatic carbocycles. The summed E-state index contributed by atoms with van der Waals surface area (Å²) in [6, 6.07) is 10.5. The Bertz CT molecular complexity index is 520. The molecule has 0 amide bonds. The first-order valence-electron chi connectivity index (χ1n) is 4.47. The third kappa shape index (κ3) is 1.67. The first-order chi connectivity index (χ1) is 7.20. The van der Waals surface area contributed by atoms with Gasteiger partial charge in [0.25, 0.3) is 0 Å². The molecular formula is C11H9N3O. The smallest absolute Gasteiger partial charge is 0.214 e. The zero-order valence-electron chi connectivity index (χ0n) is 8.18. The summed E-state index contributed by atoms with van der Waals surface area (Å²) >= 11 is 0. The van der Waals surface area contributed by atoms with Crippen molar-refractivity contribution in [3.8, 4) is 17.6 Å². The molecule has 0 saturated carbocycles. The zero-order valence-corrected chi connectivity index (χ0v) is 8.18. The number of hydrogen-bond donors (Lipinski definition) is 1. The molecule has 74 valence electrons. The minimum atomic E-state index is 0.0946. The van der Waals surface area contributed by atoms with E-state index in [2.05, 4.69) is 5.10 Å². The molecule has 0 saturated heterocycles. The van der Waals surface area contributed by atoms with Gasteiger partial charge in [0.05, 0.1) is 23.0 Å². The molecule has 0 aliphatic heterocycles. The minimum Gasteiger partial charge on any atom is -0.493 e. The van der Waals surface area contributed by atoms with Crippen LogP contribution in [0.4, 0.5) is 0 Å². The Morgan fingerprint density at radius 1 is 1.33 bits per heavy atom. The number of hydrogen-bond acceptors (Lipinski definition) is 3. The van der Waals surface area contributed by atoms with Gasteiger partial charge in [-0.3, -0.25) is 0 Å². The number of rotatable bonds is 1. The average Bonchev–Trinajstić information content (AvgIpc) is 2.58. The molecular weight excluding hydrogens is 190 g/mol. The van der Waals surface area contributed by atoms with Crippen LogP contribution >= 0.6 is 0 Å². The normalized spacial score (nSPS) is 9.87. The summed E-state index contributed by atoms with van der Waals surface area (Å²) in [5, 5.41) is 22.3. The molecule has 0 bridgehead atoms. The molecule has 0 unspecified atom stereocenters. The summed E-state index contributed by atoms with van der Waals surface area (Å²) in [6.07, 6.45) is 0. The molecule has 2 aromatic rings. The van der Waals surface area contributed by atoms with E-state index in [-0.39, 0.29) is 5.88 Å². The van der Waals surface area contributed by atoms with Crippen molar-refractivity contribution in [2.45, 2.75) is 6.92 Å². The Morgan fingerprint density at radius 3 is 2.47 bits per heavy atom. The van der Waals surface area contributed by atoms with Gasteiger partial charge in [0.15, 0.2) is 0 Å². The summed E-state index contributed by atoms with van der Waals surface area (Å²) < 4.78 is 1.43. The van der Waals surface area contributed by atoms with Gasteiger partial charge in [-0.1, -0.05) is 0 Å². The fraction of sp³-hybridized carbons (Fsp3) is 0.0909. The van der Waals surface area contributed by atoms with Crippen LogP contribution in [0, 0.1) is 18.3 Å². The number of nitriles is 1. The Morgan fingerprint density at radius 2 is 2.00 bits per heavy atom. The second-order valence-corrected chi connectivity index (χ2v) is 3.21. The molecule has 0 spiro atoms. The quantitative estimate of drug-likeness (QED) is 0.761. The maximum atomic E-state index is 9.55. The summed E-state index contributed by atoms with van der Waals surface area (Å²) in [6.45, 7) is 1.81. The molecule has 4 nitrogen and oxygen atoms in total. The van der Waals surface area contributed by atoms with Crippen molar-refractivity contribution in [3.05, 3.63) is 41.6 Å². The lowest BCUT2D eigenvalue weighted by atomic mass is 10.2. The summed E-state index contributed by atoms with van der Waals surface area (Å²) in [4.78, 5) is 0. The predicted molar refractivity (Wildman–Crippen MR) is 54.7 cm³/mol. The van der Waals surface area contributed by atoms with Crippen molar-refractivity contribution < 1.29 is 5.11 Å². The number of aromatic nitrogens is 2. The lowest BCUT2D eigenvalue weighted by Crippen LogP contribution is -1.95. The van der Waals surface area contributed by atoms with Gasteiger partial charge in [0.1, 0.15) is 0 Å². The van der Waals surface area contributed by atoms with Gasteiger partial charge in [-0.2, -0.15) is 10.4 Å². The van der Waals surface area contributed by atoms with Crippen LogP contribution in [0.5, 0.6) is 5.88 Å². The monoisotopic (exact) mass is 199 g/mol. The van der Waals surface area contributed by atoms with Crippen LogP contribution in [-0.4, -0.2) is 14.9 Å². The van der Waals surface area contributed by atoms with E-state index in [1.165, 1.54) is 4.68 Å². The van der Waals surface area contributed by atoms with Crippen LogP contribution in [0.2, 0.25) is 0 Å². The molecule has 0 aliphatic rings. The number of benzene rings is 1. The van der Waals surface area contributed by atoms with E-state index in [1.807, 2.05) is 6.07 Å². The molecule has 0 radical (unpaired) electrons. The molecule has 0 fully saturated rings. The molecule has 1 N–H and O–H groups in total. The average molecular weight is 199 g/mol. The highest BCUT2D eigenvalue weighted by Gasteiger charge is 2.05. The molecule has 0 aliphatic carbocycles. The number of aryl methyl sites for hydroxylation is 1. The third-order valence-corrected chi connectivity index (χ3v) is 2.05. The Kier molecular flexibility index (Phi) is 2.14. The van der Waals surface area contributed by atoms with E-state index in [9.17, 15) is 5.11 Å². The van der Waals surface area contributed by atoms with Crippen LogP contribution in [0.15, 0.2) is 30.3 Å². The maximum absolute atomic E-state index is 9.55. The number of nitrogens with zero attached hydrogens (tertiary/aromatic N) is 3. The second-order valence-electron chi connectivity index (χ2n) is 3.21. The van der Waals surface area contributed by atoms with Crippen molar-refractivity contribution >= 4 is 0 Å². The molecule has 2 rings (SSSR count). The largest absolute Gasteiger partial charge is 0.493 e. The Balaban J connectivity index is 2.46. The Hall–Kier alpha value is -2.28. The van der Waals surface area contributed by atoms with Gasteiger partial charge in [0.2, 0.25) is 5.88 Å². The van der Waals surface area contributed by atoms with Gasteiger partial charge in [-0.05, 0) is 31.2 Å². The highest BCUT2D eigenvalue weighted by Crippen LogP contribution is 2.17. The lowest BCUT2D eigenvalue weighted by Gasteiger charge is -2.01. The molecule has 0 atom stereocenters. The molecule has 15 heavy (non-hydrogen) atoms. The first kappa shape index (κ1) is 9.28. The standard InChI is InChI=1S/C11H9N3O/c1-8-6-11(15)14(13-8)10-4-2-9(7-12)3-5-10/h2-6,15H,1H3. The molecule has 4 heteroatoms. The van der Waals surface area contributed by atoms with Crippen molar-refractivity contribution in [2.75, 3.05) is 0 Å². The zero-order chi connectivity index (χ0) is 10.8. The van der Waals surface area contributed by atoms with Crippen molar-refractivity contribution in [1.29, 1.82) is 5.26 Å². The maximum Gasteiger partial charge on any atom is 0.214 e. The highest BCUT2D eigenvalue weighted by atomic mass is 16.3. The van der Waals surface area contributed by atoms with Crippen LogP contribution in [-0.2, 0) is 0 Å². The predicted octanol–water partition coefficient (Wildman–Crippen LogP) is 1.76. The van der Waals surface area contributed by atoms with Crippen LogP contribution in [0.3, 0.4) is 0 Å². The summed E-state index contributed by atoms with van der Waals surface area (Å²) in [5.41, 5.74) is 2.07. The van der Waals surface area contributed by atoms with E-state index in [0.29, 0.717) is 5.56 Å². The SMILES string of the molecule is Cc1cc(O)n(-c2ccc(C#N)cc2)n1. The number of aromatic hydroxyl groups is 1. The van der Waals surface area contributed by atoms with Gasteiger partial charge in [0, 0.05) is 6.07 Å². The Labute approximate surface area is 87.0 Å². The fourth-order valence-corrected chi connectivity index (χ4v) is 1.35. The van der Waals surface area contributed by atoms with Crippen LogP contribution < -0.4 is 0 Å². The van der Waals surface area contributed by atoms with Gasteiger partial charge >= 0.3 is 0 Å². The van der Waals surface area contributed by atoms with Crippen molar-refractivity contribution in [3.63, 3.8) is 0 Å². The third-order valence-electron chi connectivity index (χ3n) is 2.05. The van der Waals surface area contributed by atoms with E-state index in [4.69, 9.17) is 5.26 Å². The van der Waals surface area contributed by atoms with Crippen molar-refractivity contribution in [1.82, 2.24) is 9.78 Å². The van der Waals surface area contributed by atoms with Gasteiger partial charge < -0.3 is 5.11 Å². The lowest BCUT2D eigenvalue weighted by molar-refractivity contribution is 0.433. The fourth-order valence-electron chi connectivity index (χ4n) is 1.35. The topological polar surface area (TPSA) is 61.8 Å². The second kappa shape index (κ2) is 3.46. The summed E-state index contributed by atoms with van der Waals surface area (Å²) in [5.74, 6) is 0.0946. The molecule has 1 heterocycles. The van der Waals surface area contributed by atoms with E-state index < -0.39 is 0 Å². The van der Waals surface area contributed by atoms with Gasteiger partial charge in [-0.25, -0.2) is 4.68 Å². The first-order valence-corrected chi connectivity index (χ1v) is 4.47. The van der Waals surface area contributed by atoms with Gasteiger partial charge in [-0.15, -0.1) is 0 Å². The minimum absolute atomic E-state index is 0.0946. The van der Waals surface area contributed by atoms with Crippen molar-refractivity contribution in [2.24, 2.45) is 0 Å². The summed E-state index contributed by atoms with van der Waals surface area (Å²) in [7, 11) is 0. The van der Waals surface area contributed by atoms with E-state index >= 15 is 0 Å². The van der Waals surface area contributed by atoms with Crippen LogP contribution in [0.1, 0.15) is 11.3 Å². The highest BCUT2D eigenvalue weighted by molar-refractivity contribution is 5.40. The van der Waals surface area contributed by atoms with E-state index in [0.717, 1.165) is 11.4 Å². The van der Waals surface area contributed by atoms with E-state index in [1.54, 1.807) is 37.3 Å². The molecule has 1 aromatic heterocycles.